The van der Waals surface area contributed by atoms with Crippen LogP contribution in [-0.2, 0) is 4.79 Å². The van der Waals surface area contributed by atoms with Crippen LogP contribution in [-0.4, -0.2) is 6.29 Å². The van der Waals surface area contributed by atoms with Gasteiger partial charge in [-0.3, -0.25) is 0 Å². The van der Waals surface area contributed by atoms with Crippen molar-refractivity contribution in [3.8, 4) is 0 Å². The minimum atomic E-state index is 0.637. The summed E-state index contributed by atoms with van der Waals surface area (Å²) in [7, 11) is 0. The smallest absolute Gasteiger partial charge is 0.120 e. The SMILES string of the molecule is CCCC(CC=O)CC(C)C. The summed E-state index contributed by atoms with van der Waals surface area (Å²) in [4.78, 5) is 10.3. The molecule has 1 heteroatoms. The van der Waals surface area contributed by atoms with Crippen LogP contribution in [0.25, 0.3) is 0 Å². The monoisotopic (exact) mass is 156 g/mol. The molecule has 0 bridgehead atoms. The number of carbonyl (C=O) groups is 1. The molecule has 0 aliphatic heterocycles. The summed E-state index contributed by atoms with van der Waals surface area (Å²) in [5.74, 6) is 1.36. The molecule has 0 spiro atoms. The van der Waals surface area contributed by atoms with Gasteiger partial charge in [0.15, 0.2) is 0 Å². The largest absolute Gasteiger partial charge is 0.303 e. The van der Waals surface area contributed by atoms with E-state index in [4.69, 9.17) is 0 Å². The van der Waals surface area contributed by atoms with Gasteiger partial charge in [0.05, 0.1) is 0 Å². The third kappa shape index (κ3) is 6.08. The van der Waals surface area contributed by atoms with E-state index in [1.54, 1.807) is 0 Å². The molecule has 0 aliphatic carbocycles. The summed E-state index contributed by atoms with van der Waals surface area (Å²) in [6.07, 6.45) is 5.42. The number of hydrogen-bond donors (Lipinski definition) is 0. The van der Waals surface area contributed by atoms with Crippen LogP contribution in [0.5, 0.6) is 0 Å². The first kappa shape index (κ1) is 10.7. The molecule has 1 unspecified atom stereocenters. The summed E-state index contributed by atoms with van der Waals surface area (Å²) in [5.41, 5.74) is 0. The Kier molecular flexibility index (Phi) is 6.19. The highest BCUT2D eigenvalue weighted by atomic mass is 16.1. The molecule has 1 atom stereocenters. The van der Waals surface area contributed by atoms with E-state index in [0.717, 1.165) is 18.6 Å². The Bertz CT molecular complexity index is 97.0. The lowest BCUT2D eigenvalue weighted by Crippen LogP contribution is -2.04. The molecule has 0 aromatic carbocycles. The summed E-state index contributed by atoms with van der Waals surface area (Å²) < 4.78 is 0. The lowest BCUT2D eigenvalue weighted by molar-refractivity contribution is -0.108. The minimum absolute atomic E-state index is 0.637. The lowest BCUT2D eigenvalue weighted by atomic mass is 9.91. The van der Waals surface area contributed by atoms with Crippen LogP contribution >= 0.6 is 0 Å². The second kappa shape index (κ2) is 6.38. The molecule has 0 saturated heterocycles. The van der Waals surface area contributed by atoms with Gasteiger partial charge in [0.1, 0.15) is 6.29 Å². The molecule has 0 radical (unpaired) electrons. The average Bonchev–Trinajstić information content (AvgIpc) is 1.87. The van der Waals surface area contributed by atoms with Crippen molar-refractivity contribution in [1.82, 2.24) is 0 Å². The fourth-order valence-corrected chi connectivity index (χ4v) is 1.54. The van der Waals surface area contributed by atoms with Crippen LogP contribution < -0.4 is 0 Å². The normalized spacial score (nSPS) is 13.5. The zero-order chi connectivity index (χ0) is 8.69. The second-order valence-electron chi connectivity index (χ2n) is 3.69. The topological polar surface area (TPSA) is 17.1 Å². The van der Waals surface area contributed by atoms with Crippen LogP contribution in [0.15, 0.2) is 0 Å². The fraction of sp³-hybridized carbons (Fsp3) is 0.900. The number of rotatable bonds is 6. The molecule has 66 valence electrons. The summed E-state index contributed by atoms with van der Waals surface area (Å²) >= 11 is 0. The molecule has 0 saturated carbocycles. The lowest BCUT2D eigenvalue weighted by Gasteiger charge is -2.14. The average molecular weight is 156 g/mol. The van der Waals surface area contributed by atoms with Gasteiger partial charge in [0.2, 0.25) is 0 Å². The maximum absolute atomic E-state index is 10.3. The third-order valence-electron chi connectivity index (χ3n) is 1.93. The first-order valence-electron chi connectivity index (χ1n) is 4.64. The maximum Gasteiger partial charge on any atom is 0.120 e. The molecule has 1 nitrogen and oxygen atoms in total. The highest BCUT2D eigenvalue weighted by molar-refractivity contribution is 5.49. The number of aldehydes is 1. The van der Waals surface area contributed by atoms with Crippen molar-refractivity contribution in [1.29, 1.82) is 0 Å². The van der Waals surface area contributed by atoms with E-state index in [1.165, 1.54) is 19.3 Å². The highest BCUT2D eigenvalue weighted by Gasteiger charge is 2.08. The van der Waals surface area contributed by atoms with Crippen molar-refractivity contribution < 1.29 is 4.79 Å². The van der Waals surface area contributed by atoms with Crippen LogP contribution in [0.4, 0.5) is 0 Å². The Morgan fingerprint density at radius 2 is 2.00 bits per heavy atom. The van der Waals surface area contributed by atoms with Gasteiger partial charge in [0.25, 0.3) is 0 Å². The fourth-order valence-electron chi connectivity index (χ4n) is 1.54. The first-order valence-corrected chi connectivity index (χ1v) is 4.64. The molecule has 0 aromatic rings. The van der Waals surface area contributed by atoms with Gasteiger partial charge >= 0.3 is 0 Å². The Morgan fingerprint density at radius 3 is 2.36 bits per heavy atom. The predicted molar refractivity (Wildman–Crippen MR) is 48.5 cm³/mol. The predicted octanol–water partition coefficient (Wildman–Crippen LogP) is 3.04. The van der Waals surface area contributed by atoms with E-state index >= 15 is 0 Å². The first-order chi connectivity index (χ1) is 5.20. The minimum Gasteiger partial charge on any atom is -0.303 e. The summed E-state index contributed by atoms with van der Waals surface area (Å²) in [6.45, 7) is 6.61. The van der Waals surface area contributed by atoms with Gasteiger partial charge in [-0.15, -0.1) is 0 Å². The molecular formula is C10H20O. The molecule has 11 heavy (non-hydrogen) atoms. The number of hydrogen-bond acceptors (Lipinski definition) is 1. The van der Waals surface area contributed by atoms with Crippen molar-refractivity contribution in [2.45, 2.75) is 46.5 Å². The second-order valence-corrected chi connectivity index (χ2v) is 3.69. The molecule has 0 N–H and O–H groups in total. The Labute approximate surface area is 70.2 Å². The van der Waals surface area contributed by atoms with Gasteiger partial charge in [-0.05, 0) is 18.3 Å². The summed E-state index contributed by atoms with van der Waals surface area (Å²) in [6, 6.07) is 0. The van der Waals surface area contributed by atoms with E-state index in [0.29, 0.717) is 5.92 Å². The van der Waals surface area contributed by atoms with E-state index < -0.39 is 0 Å². The van der Waals surface area contributed by atoms with Crippen molar-refractivity contribution in [3.05, 3.63) is 0 Å². The highest BCUT2D eigenvalue weighted by Crippen LogP contribution is 2.19. The van der Waals surface area contributed by atoms with Crippen LogP contribution in [0.1, 0.15) is 46.5 Å². The van der Waals surface area contributed by atoms with Crippen molar-refractivity contribution >= 4 is 6.29 Å². The van der Waals surface area contributed by atoms with Crippen molar-refractivity contribution in [2.75, 3.05) is 0 Å². The van der Waals surface area contributed by atoms with Gasteiger partial charge in [-0.25, -0.2) is 0 Å². The zero-order valence-corrected chi connectivity index (χ0v) is 7.97. The van der Waals surface area contributed by atoms with Gasteiger partial charge in [-0.1, -0.05) is 33.6 Å². The van der Waals surface area contributed by atoms with E-state index in [9.17, 15) is 4.79 Å². The Balaban J connectivity index is 3.58. The van der Waals surface area contributed by atoms with Gasteiger partial charge < -0.3 is 4.79 Å². The van der Waals surface area contributed by atoms with Crippen LogP contribution in [0.2, 0.25) is 0 Å². The van der Waals surface area contributed by atoms with Gasteiger partial charge in [0, 0.05) is 6.42 Å². The number of carbonyl (C=O) groups excluding carboxylic acids is 1. The van der Waals surface area contributed by atoms with Gasteiger partial charge in [-0.2, -0.15) is 0 Å². The van der Waals surface area contributed by atoms with Crippen molar-refractivity contribution in [2.24, 2.45) is 11.8 Å². The molecule has 0 aliphatic rings. The zero-order valence-electron chi connectivity index (χ0n) is 7.97. The molecule has 0 aromatic heterocycles. The quantitative estimate of drug-likeness (QED) is 0.540. The Hall–Kier alpha value is -0.330. The van der Waals surface area contributed by atoms with Crippen LogP contribution in [0.3, 0.4) is 0 Å². The van der Waals surface area contributed by atoms with E-state index in [2.05, 4.69) is 20.8 Å². The summed E-state index contributed by atoms with van der Waals surface area (Å²) in [5, 5.41) is 0. The Morgan fingerprint density at radius 1 is 1.36 bits per heavy atom. The third-order valence-corrected chi connectivity index (χ3v) is 1.93. The maximum atomic E-state index is 10.3. The molecule has 0 fully saturated rings. The standard InChI is InChI=1S/C10H20O/c1-4-5-10(6-7-11)8-9(2)3/h7,9-10H,4-6,8H2,1-3H3. The van der Waals surface area contributed by atoms with Crippen LogP contribution in [0, 0.1) is 11.8 Å². The van der Waals surface area contributed by atoms with E-state index in [1.807, 2.05) is 0 Å². The molecule has 0 rings (SSSR count). The van der Waals surface area contributed by atoms with Crippen molar-refractivity contribution in [3.63, 3.8) is 0 Å². The molecule has 0 amide bonds. The van der Waals surface area contributed by atoms with E-state index in [-0.39, 0.29) is 0 Å². The molecule has 0 heterocycles. The molecular weight excluding hydrogens is 136 g/mol.